The van der Waals surface area contributed by atoms with E-state index in [-0.39, 0.29) is 11.9 Å². The standard InChI is InChI=1S/C14H16ClFN2S/c1-8-5-11(9(2)19-8)14(7-17)18-13-6-10(16)3-4-12(13)15/h3-6,14,18H,7,17H2,1-2H3. The lowest BCUT2D eigenvalue weighted by Crippen LogP contribution is -2.21. The van der Waals surface area contributed by atoms with Gasteiger partial charge in [-0.05, 0) is 43.7 Å². The molecule has 0 radical (unpaired) electrons. The van der Waals surface area contributed by atoms with Gasteiger partial charge >= 0.3 is 0 Å². The summed E-state index contributed by atoms with van der Waals surface area (Å²) in [5, 5.41) is 3.71. The van der Waals surface area contributed by atoms with Crippen molar-refractivity contribution in [1.82, 2.24) is 0 Å². The summed E-state index contributed by atoms with van der Waals surface area (Å²) in [6.45, 7) is 4.54. The van der Waals surface area contributed by atoms with Gasteiger partial charge in [-0.3, -0.25) is 0 Å². The van der Waals surface area contributed by atoms with E-state index >= 15 is 0 Å². The van der Waals surface area contributed by atoms with E-state index in [4.69, 9.17) is 17.3 Å². The predicted molar refractivity (Wildman–Crippen MR) is 80.6 cm³/mol. The smallest absolute Gasteiger partial charge is 0.125 e. The Morgan fingerprint density at radius 3 is 2.68 bits per heavy atom. The van der Waals surface area contributed by atoms with Crippen LogP contribution < -0.4 is 11.1 Å². The van der Waals surface area contributed by atoms with Crippen molar-refractivity contribution in [3.8, 4) is 0 Å². The first-order chi connectivity index (χ1) is 9.01. The van der Waals surface area contributed by atoms with Gasteiger partial charge in [-0.2, -0.15) is 0 Å². The van der Waals surface area contributed by atoms with E-state index in [1.54, 1.807) is 17.4 Å². The van der Waals surface area contributed by atoms with E-state index < -0.39 is 0 Å². The minimum absolute atomic E-state index is 0.0655. The Morgan fingerprint density at radius 2 is 2.11 bits per heavy atom. The van der Waals surface area contributed by atoms with E-state index in [0.717, 1.165) is 5.56 Å². The minimum Gasteiger partial charge on any atom is -0.376 e. The van der Waals surface area contributed by atoms with Crippen molar-refractivity contribution >= 4 is 28.6 Å². The first-order valence-corrected chi connectivity index (χ1v) is 7.19. The van der Waals surface area contributed by atoms with E-state index in [2.05, 4.69) is 25.2 Å². The lowest BCUT2D eigenvalue weighted by atomic mass is 10.1. The Bertz CT molecular complexity index is 583. The Kier molecular flexibility index (Phi) is 4.45. The average molecular weight is 299 g/mol. The second-order valence-electron chi connectivity index (χ2n) is 4.43. The molecule has 1 heterocycles. The van der Waals surface area contributed by atoms with Gasteiger partial charge in [-0.25, -0.2) is 4.39 Å². The molecule has 0 aliphatic carbocycles. The van der Waals surface area contributed by atoms with Gasteiger partial charge in [0.2, 0.25) is 0 Å². The molecule has 2 nitrogen and oxygen atoms in total. The molecule has 1 atom stereocenters. The number of rotatable bonds is 4. The Morgan fingerprint density at radius 1 is 1.37 bits per heavy atom. The molecule has 0 amide bonds. The van der Waals surface area contributed by atoms with Gasteiger partial charge in [0.05, 0.1) is 16.8 Å². The van der Waals surface area contributed by atoms with Crippen LogP contribution in [0.25, 0.3) is 0 Å². The molecule has 1 unspecified atom stereocenters. The number of halogens is 2. The van der Waals surface area contributed by atoms with Crippen molar-refractivity contribution in [2.45, 2.75) is 19.9 Å². The van der Waals surface area contributed by atoms with Crippen LogP contribution in [0.3, 0.4) is 0 Å². The molecule has 19 heavy (non-hydrogen) atoms. The zero-order chi connectivity index (χ0) is 14.0. The normalized spacial score (nSPS) is 12.5. The molecular formula is C14H16ClFN2S. The van der Waals surface area contributed by atoms with Crippen LogP contribution >= 0.6 is 22.9 Å². The summed E-state index contributed by atoms with van der Waals surface area (Å²) < 4.78 is 13.3. The van der Waals surface area contributed by atoms with Crippen LogP contribution in [0.5, 0.6) is 0 Å². The van der Waals surface area contributed by atoms with Crippen LogP contribution in [0, 0.1) is 19.7 Å². The maximum Gasteiger partial charge on any atom is 0.125 e. The van der Waals surface area contributed by atoms with Crippen LogP contribution in [-0.2, 0) is 0 Å². The van der Waals surface area contributed by atoms with E-state index in [0.29, 0.717) is 17.3 Å². The number of anilines is 1. The molecule has 0 aliphatic heterocycles. The summed E-state index contributed by atoms with van der Waals surface area (Å²) >= 11 is 7.79. The molecular weight excluding hydrogens is 283 g/mol. The van der Waals surface area contributed by atoms with Crippen molar-refractivity contribution in [2.75, 3.05) is 11.9 Å². The summed E-state index contributed by atoms with van der Waals surface area (Å²) in [5.41, 5.74) is 7.54. The van der Waals surface area contributed by atoms with Crippen LogP contribution in [-0.4, -0.2) is 6.54 Å². The number of nitrogens with one attached hydrogen (secondary N) is 1. The zero-order valence-corrected chi connectivity index (χ0v) is 12.4. The minimum atomic E-state index is -0.319. The second-order valence-corrected chi connectivity index (χ2v) is 6.29. The Labute approximate surface area is 121 Å². The molecule has 102 valence electrons. The lowest BCUT2D eigenvalue weighted by molar-refractivity contribution is 0.627. The fraction of sp³-hybridized carbons (Fsp3) is 0.286. The molecule has 0 spiro atoms. The summed E-state index contributed by atoms with van der Waals surface area (Å²) in [6.07, 6.45) is 0. The molecule has 0 aliphatic rings. The lowest BCUT2D eigenvalue weighted by Gasteiger charge is -2.19. The molecule has 3 N–H and O–H groups in total. The average Bonchev–Trinajstić information content (AvgIpc) is 2.69. The van der Waals surface area contributed by atoms with Crippen molar-refractivity contribution in [1.29, 1.82) is 0 Å². The number of benzene rings is 1. The van der Waals surface area contributed by atoms with Crippen molar-refractivity contribution < 1.29 is 4.39 Å². The fourth-order valence-electron chi connectivity index (χ4n) is 2.06. The van der Waals surface area contributed by atoms with Crippen LogP contribution in [0.2, 0.25) is 5.02 Å². The predicted octanol–water partition coefficient (Wildman–Crippen LogP) is 4.27. The first kappa shape index (κ1) is 14.3. The molecule has 5 heteroatoms. The van der Waals surface area contributed by atoms with Crippen molar-refractivity contribution in [3.63, 3.8) is 0 Å². The molecule has 1 aromatic heterocycles. The van der Waals surface area contributed by atoms with Gasteiger partial charge in [-0.15, -0.1) is 11.3 Å². The molecule has 2 aromatic rings. The molecule has 0 fully saturated rings. The summed E-state index contributed by atoms with van der Waals surface area (Å²) in [4.78, 5) is 2.45. The second kappa shape index (κ2) is 5.90. The van der Waals surface area contributed by atoms with E-state index in [1.165, 1.54) is 21.9 Å². The highest BCUT2D eigenvalue weighted by atomic mass is 35.5. The maximum absolute atomic E-state index is 13.3. The number of nitrogens with two attached hydrogens (primary N) is 1. The van der Waals surface area contributed by atoms with Crippen molar-refractivity contribution in [3.05, 3.63) is 50.4 Å². The topological polar surface area (TPSA) is 38.0 Å². The van der Waals surface area contributed by atoms with E-state index in [9.17, 15) is 4.39 Å². The van der Waals surface area contributed by atoms with Crippen LogP contribution in [0.4, 0.5) is 10.1 Å². The van der Waals surface area contributed by atoms with E-state index in [1.807, 2.05) is 0 Å². The highest BCUT2D eigenvalue weighted by Gasteiger charge is 2.15. The molecule has 2 rings (SSSR count). The van der Waals surface area contributed by atoms with Gasteiger partial charge in [0.1, 0.15) is 5.82 Å². The number of hydrogen-bond acceptors (Lipinski definition) is 3. The van der Waals surface area contributed by atoms with Crippen molar-refractivity contribution in [2.24, 2.45) is 5.73 Å². The van der Waals surface area contributed by atoms with Crippen LogP contribution in [0.1, 0.15) is 21.4 Å². The van der Waals surface area contributed by atoms with Gasteiger partial charge in [0.15, 0.2) is 0 Å². The third kappa shape index (κ3) is 3.26. The highest BCUT2D eigenvalue weighted by molar-refractivity contribution is 7.12. The monoisotopic (exact) mass is 298 g/mol. The zero-order valence-electron chi connectivity index (χ0n) is 10.8. The molecule has 0 saturated heterocycles. The van der Waals surface area contributed by atoms with Gasteiger partial charge in [0.25, 0.3) is 0 Å². The SMILES string of the molecule is Cc1cc(C(CN)Nc2cc(F)ccc2Cl)c(C)s1. The van der Waals surface area contributed by atoms with Gasteiger partial charge in [-0.1, -0.05) is 11.6 Å². The summed E-state index contributed by atoms with van der Waals surface area (Å²) in [5.74, 6) is -0.319. The van der Waals surface area contributed by atoms with Gasteiger partial charge < -0.3 is 11.1 Å². The summed E-state index contributed by atoms with van der Waals surface area (Å²) in [7, 11) is 0. The maximum atomic E-state index is 13.3. The first-order valence-electron chi connectivity index (χ1n) is 6.00. The third-order valence-electron chi connectivity index (χ3n) is 2.95. The Hall–Kier alpha value is -1.10. The van der Waals surface area contributed by atoms with Gasteiger partial charge in [0, 0.05) is 16.3 Å². The number of aryl methyl sites for hydroxylation is 2. The quantitative estimate of drug-likeness (QED) is 0.884. The summed E-state index contributed by atoms with van der Waals surface area (Å²) in [6, 6.07) is 6.31. The molecule has 0 saturated carbocycles. The number of thiophene rings is 1. The molecule has 1 aromatic carbocycles. The fourth-order valence-corrected chi connectivity index (χ4v) is 3.22. The number of hydrogen-bond donors (Lipinski definition) is 2. The highest BCUT2D eigenvalue weighted by Crippen LogP contribution is 2.31. The Balaban J connectivity index is 2.29. The van der Waals surface area contributed by atoms with Crippen LogP contribution in [0.15, 0.2) is 24.3 Å². The molecule has 0 bridgehead atoms. The largest absolute Gasteiger partial charge is 0.376 e. The third-order valence-corrected chi connectivity index (χ3v) is 4.26.